The number of carboxylic acid groups (broad SMARTS) is 1. The average molecular weight is 325 g/mol. The molecular weight excluding hydrogens is 302 g/mol. The maximum atomic E-state index is 12.4. The lowest BCUT2D eigenvalue weighted by Gasteiger charge is -2.26. The maximum absolute atomic E-state index is 12.4. The summed E-state index contributed by atoms with van der Waals surface area (Å²) in [6.45, 7) is 2.08. The highest BCUT2D eigenvalue weighted by Crippen LogP contribution is 2.25. The first-order chi connectivity index (χ1) is 10.4. The Kier molecular flexibility index (Phi) is 5.58. The zero-order valence-corrected chi connectivity index (χ0v) is 13.6. The SMILES string of the molecule is CCCc1ccc(S(=O)(=O)NC2CCC(C(=O)O)CC2)cc1. The van der Waals surface area contributed by atoms with E-state index in [9.17, 15) is 13.2 Å². The van der Waals surface area contributed by atoms with Gasteiger partial charge in [-0.3, -0.25) is 4.79 Å². The molecule has 5 nitrogen and oxygen atoms in total. The molecule has 1 aliphatic rings. The highest BCUT2D eigenvalue weighted by Gasteiger charge is 2.28. The normalized spacial score (nSPS) is 22.4. The molecule has 22 heavy (non-hydrogen) atoms. The standard InChI is InChI=1S/C16H23NO4S/c1-2-3-12-4-10-15(11-5-12)22(20,21)17-14-8-6-13(7-9-14)16(18)19/h4-5,10-11,13-14,17H,2-3,6-9H2,1H3,(H,18,19). The predicted molar refractivity (Wildman–Crippen MR) is 84.1 cm³/mol. The summed E-state index contributed by atoms with van der Waals surface area (Å²) in [6, 6.07) is 6.79. The van der Waals surface area contributed by atoms with Crippen molar-refractivity contribution < 1.29 is 18.3 Å². The van der Waals surface area contributed by atoms with Crippen molar-refractivity contribution in [2.45, 2.75) is 56.4 Å². The van der Waals surface area contributed by atoms with Crippen LogP contribution in [0, 0.1) is 5.92 Å². The first-order valence-electron chi connectivity index (χ1n) is 7.76. The van der Waals surface area contributed by atoms with Gasteiger partial charge in [-0.2, -0.15) is 0 Å². The fourth-order valence-corrected chi connectivity index (χ4v) is 4.17. The molecule has 0 amide bonds. The van der Waals surface area contributed by atoms with E-state index in [1.165, 1.54) is 0 Å². The summed E-state index contributed by atoms with van der Waals surface area (Å²) in [5, 5.41) is 8.97. The van der Waals surface area contributed by atoms with Crippen LogP contribution in [-0.4, -0.2) is 25.5 Å². The van der Waals surface area contributed by atoms with Crippen LogP contribution in [0.2, 0.25) is 0 Å². The van der Waals surface area contributed by atoms with Gasteiger partial charge in [0.05, 0.1) is 10.8 Å². The highest BCUT2D eigenvalue weighted by atomic mass is 32.2. The molecule has 1 saturated carbocycles. The number of rotatable bonds is 6. The van der Waals surface area contributed by atoms with Crippen LogP contribution in [0.1, 0.15) is 44.6 Å². The molecule has 1 aliphatic carbocycles. The summed E-state index contributed by atoms with van der Waals surface area (Å²) in [4.78, 5) is 11.2. The van der Waals surface area contributed by atoms with Crippen LogP contribution in [0.5, 0.6) is 0 Å². The summed E-state index contributed by atoms with van der Waals surface area (Å²) in [5.74, 6) is -1.12. The van der Waals surface area contributed by atoms with E-state index in [0.29, 0.717) is 25.7 Å². The third-order valence-electron chi connectivity index (χ3n) is 4.17. The minimum atomic E-state index is -3.53. The van der Waals surface area contributed by atoms with E-state index in [1.54, 1.807) is 12.1 Å². The second-order valence-electron chi connectivity index (χ2n) is 5.90. The van der Waals surface area contributed by atoms with Gasteiger partial charge in [-0.05, 0) is 49.8 Å². The van der Waals surface area contributed by atoms with Gasteiger partial charge in [0.1, 0.15) is 0 Å². The number of aryl methyl sites for hydroxylation is 1. The Balaban J connectivity index is 1.98. The van der Waals surface area contributed by atoms with Gasteiger partial charge in [0.25, 0.3) is 0 Å². The zero-order chi connectivity index (χ0) is 16.2. The molecule has 2 rings (SSSR count). The number of hydrogen-bond donors (Lipinski definition) is 2. The van der Waals surface area contributed by atoms with E-state index >= 15 is 0 Å². The van der Waals surface area contributed by atoms with Crippen molar-refractivity contribution in [2.24, 2.45) is 5.92 Å². The number of sulfonamides is 1. The van der Waals surface area contributed by atoms with Crippen molar-refractivity contribution >= 4 is 16.0 Å². The molecule has 0 radical (unpaired) electrons. The Morgan fingerprint density at radius 1 is 1.18 bits per heavy atom. The van der Waals surface area contributed by atoms with E-state index in [4.69, 9.17) is 5.11 Å². The smallest absolute Gasteiger partial charge is 0.306 e. The summed E-state index contributed by atoms with van der Waals surface area (Å²) >= 11 is 0. The Morgan fingerprint density at radius 2 is 1.77 bits per heavy atom. The van der Waals surface area contributed by atoms with Crippen molar-refractivity contribution in [1.29, 1.82) is 0 Å². The number of benzene rings is 1. The van der Waals surface area contributed by atoms with Crippen molar-refractivity contribution in [1.82, 2.24) is 4.72 Å². The lowest BCUT2D eigenvalue weighted by molar-refractivity contribution is -0.142. The van der Waals surface area contributed by atoms with Gasteiger partial charge in [-0.25, -0.2) is 13.1 Å². The largest absolute Gasteiger partial charge is 0.481 e. The number of carbonyl (C=O) groups is 1. The summed E-state index contributed by atoms with van der Waals surface area (Å²) < 4.78 is 27.4. The van der Waals surface area contributed by atoms with Crippen LogP contribution in [0.3, 0.4) is 0 Å². The van der Waals surface area contributed by atoms with Crippen LogP contribution in [0.25, 0.3) is 0 Å². The second kappa shape index (κ2) is 7.24. The molecule has 0 heterocycles. The third-order valence-corrected chi connectivity index (χ3v) is 5.71. The third kappa shape index (κ3) is 4.30. The Labute approximate surface area is 131 Å². The van der Waals surface area contributed by atoms with E-state index in [0.717, 1.165) is 18.4 Å². The van der Waals surface area contributed by atoms with Crippen LogP contribution >= 0.6 is 0 Å². The topological polar surface area (TPSA) is 83.5 Å². The van der Waals surface area contributed by atoms with Gasteiger partial charge in [-0.15, -0.1) is 0 Å². The molecule has 0 spiro atoms. The molecule has 122 valence electrons. The van der Waals surface area contributed by atoms with Gasteiger partial charge in [0, 0.05) is 6.04 Å². The highest BCUT2D eigenvalue weighted by molar-refractivity contribution is 7.89. The fourth-order valence-electron chi connectivity index (χ4n) is 2.87. The number of nitrogens with one attached hydrogen (secondary N) is 1. The summed E-state index contributed by atoms with van der Waals surface area (Å²) in [6.07, 6.45) is 4.16. The van der Waals surface area contributed by atoms with Crippen LogP contribution in [0.4, 0.5) is 0 Å². The molecule has 1 aromatic carbocycles. The fraction of sp³-hybridized carbons (Fsp3) is 0.562. The molecule has 0 bridgehead atoms. The summed E-state index contributed by atoms with van der Waals surface area (Å²) in [7, 11) is -3.53. The number of hydrogen-bond acceptors (Lipinski definition) is 3. The first-order valence-corrected chi connectivity index (χ1v) is 9.24. The first kappa shape index (κ1) is 17.0. The number of carboxylic acids is 1. The van der Waals surface area contributed by atoms with Gasteiger partial charge in [-0.1, -0.05) is 25.5 Å². The molecule has 1 aromatic rings. The van der Waals surface area contributed by atoms with Gasteiger partial charge in [0.15, 0.2) is 0 Å². The van der Waals surface area contributed by atoms with Gasteiger partial charge < -0.3 is 5.11 Å². The summed E-state index contributed by atoms with van der Waals surface area (Å²) in [5.41, 5.74) is 1.13. The minimum absolute atomic E-state index is 0.170. The van der Waals surface area contributed by atoms with Crippen LogP contribution < -0.4 is 4.72 Å². The van der Waals surface area contributed by atoms with Gasteiger partial charge >= 0.3 is 5.97 Å². The molecular formula is C16H23NO4S. The lowest BCUT2D eigenvalue weighted by Crippen LogP contribution is -2.38. The monoisotopic (exact) mass is 325 g/mol. The molecule has 0 unspecified atom stereocenters. The molecule has 0 aliphatic heterocycles. The molecule has 6 heteroatoms. The van der Waals surface area contributed by atoms with E-state index in [2.05, 4.69) is 11.6 Å². The molecule has 0 saturated heterocycles. The molecule has 0 aromatic heterocycles. The van der Waals surface area contributed by atoms with Crippen LogP contribution in [0.15, 0.2) is 29.2 Å². The molecule has 0 atom stereocenters. The quantitative estimate of drug-likeness (QED) is 0.842. The van der Waals surface area contributed by atoms with E-state index in [-0.39, 0.29) is 16.9 Å². The zero-order valence-electron chi connectivity index (χ0n) is 12.8. The number of aliphatic carboxylic acids is 1. The van der Waals surface area contributed by atoms with Crippen LogP contribution in [-0.2, 0) is 21.2 Å². The van der Waals surface area contributed by atoms with Gasteiger partial charge in [0.2, 0.25) is 10.0 Å². The van der Waals surface area contributed by atoms with E-state index < -0.39 is 16.0 Å². The molecule has 2 N–H and O–H groups in total. The van der Waals surface area contributed by atoms with Crippen molar-refractivity contribution in [2.75, 3.05) is 0 Å². The van der Waals surface area contributed by atoms with Crippen molar-refractivity contribution in [3.8, 4) is 0 Å². The Hall–Kier alpha value is -1.40. The Morgan fingerprint density at radius 3 is 2.27 bits per heavy atom. The second-order valence-corrected chi connectivity index (χ2v) is 7.62. The maximum Gasteiger partial charge on any atom is 0.306 e. The van der Waals surface area contributed by atoms with E-state index in [1.807, 2.05) is 12.1 Å². The lowest BCUT2D eigenvalue weighted by atomic mass is 9.87. The predicted octanol–water partition coefficient (Wildman–Crippen LogP) is 2.56. The van der Waals surface area contributed by atoms with Crippen molar-refractivity contribution in [3.63, 3.8) is 0 Å². The molecule has 1 fully saturated rings. The average Bonchev–Trinajstić information content (AvgIpc) is 2.48. The minimum Gasteiger partial charge on any atom is -0.481 e. The Bertz CT molecular complexity index is 602. The van der Waals surface area contributed by atoms with Crippen molar-refractivity contribution in [3.05, 3.63) is 29.8 Å².